The molecule has 1 atom stereocenters. The number of rotatable bonds is 6. The lowest BCUT2D eigenvalue weighted by atomic mass is 10.3. The number of amides is 1. The zero-order chi connectivity index (χ0) is 18.8. The van der Waals surface area contributed by atoms with Crippen molar-refractivity contribution >= 4 is 21.6 Å². The van der Waals surface area contributed by atoms with Crippen molar-refractivity contribution in [2.45, 2.75) is 17.9 Å². The fourth-order valence-electron chi connectivity index (χ4n) is 2.05. The number of carbonyl (C=O) groups is 1. The quantitative estimate of drug-likeness (QED) is 0.709. The zero-order valence-electron chi connectivity index (χ0n) is 13.5. The summed E-state index contributed by atoms with van der Waals surface area (Å²) in [4.78, 5) is 12.1. The highest BCUT2D eigenvalue weighted by atomic mass is 32.2. The van der Waals surface area contributed by atoms with Gasteiger partial charge in [-0.1, -0.05) is 0 Å². The summed E-state index contributed by atoms with van der Waals surface area (Å²) in [5, 5.41) is 11.3. The highest BCUT2D eigenvalue weighted by Crippen LogP contribution is 2.17. The molecule has 2 aromatic rings. The minimum absolute atomic E-state index is 0.00163. The van der Waals surface area contributed by atoms with Crippen LogP contribution in [-0.2, 0) is 17.1 Å². The number of benzene rings is 1. The lowest BCUT2D eigenvalue weighted by Gasteiger charge is -2.09. The average Bonchev–Trinajstić information content (AvgIpc) is 2.93. The minimum atomic E-state index is -3.91. The Morgan fingerprint density at radius 1 is 1.28 bits per heavy atom. The molecule has 0 saturated carbocycles. The van der Waals surface area contributed by atoms with Gasteiger partial charge in [0.05, 0.1) is 6.61 Å². The Morgan fingerprint density at radius 2 is 1.96 bits per heavy atom. The van der Waals surface area contributed by atoms with E-state index in [-0.39, 0.29) is 22.9 Å². The topological polar surface area (TPSA) is 100 Å². The van der Waals surface area contributed by atoms with Gasteiger partial charge in [-0.25, -0.2) is 21.9 Å². The van der Waals surface area contributed by atoms with Crippen molar-refractivity contribution in [3.8, 4) is 0 Å². The molecule has 0 unspecified atom stereocenters. The number of aliphatic hydroxyl groups excluding tert-OH is 1. The third kappa shape index (κ3) is 4.41. The fraction of sp³-hybridized carbons (Fsp3) is 0.267. The standard InChI is InChI=1S/C15H17F2N3O4S/c1-9(8-21)19-25(23,24)11-6-14(20(2)7-11)15(22)18-10-3-4-12(16)13(17)5-10/h3-7,9,19,21H,8H2,1-2H3,(H,18,22)/t9-/m1/s1. The van der Waals surface area contributed by atoms with Crippen molar-refractivity contribution < 1.29 is 27.1 Å². The van der Waals surface area contributed by atoms with Crippen LogP contribution in [0.5, 0.6) is 0 Å². The van der Waals surface area contributed by atoms with Gasteiger partial charge in [0, 0.05) is 31.0 Å². The second-order valence-corrected chi connectivity index (χ2v) is 7.17. The Balaban J connectivity index is 2.24. The minimum Gasteiger partial charge on any atom is -0.395 e. The zero-order valence-corrected chi connectivity index (χ0v) is 14.3. The van der Waals surface area contributed by atoms with Gasteiger partial charge in [-0.15, -0.1) is 0 Å². The third-order valence-electron chi connectivity index (χ3n) is 3.33. The predicted molar refractivity (Wildman–Crippen MR) is 86.6 cm³/mol. The van der Waals surface area contributed by atoms with Crippen molar-refractivity contribution in [1.29, 1.82) is 0 Å². The summed E-state index contributed by atoms with van der Waals surface area (Å²) in [6.07, 6.45) is 1.23. The van der Waals surface area contributed by atoms with E-state index >= 15 is 0 Å². The number of hydrogen-bond donors (Lipinski definition) is 3. The highest BCUT2D eigenvalue weighted by Gasteiger charge is 2.22. The Morgan fingerprint density at radius 3 is 2.56 bits per heavy atom. The largest absolute Gasteiger partial charge is 0.395 e. The Labute approximate surface area is 143 Å². The second kappa shape index (κ2) is 7.30. The maximum Gasteiger partial charge on any atom is 0.272 e. The van der Waals surface area contributed by atoms with Gasteiger partial charge < -0.3 is 15.0 Å². The molecule has 0 bridgehead atoms. The number of hydrogen-bond acceptors (Lipinski definition) is 4. The molecule has 0 aliphatic heterocycles. The number of nitrogens with zero attached hydrogens (tertiary/aromatic N) is 1. The van der Waals surface area contributed by atoms with E-state index in [2.05, 4.69) is 10.0 Å². The van der Waals surface area contributed by atoms with E-state index in [1.54, 1.807) is 0 Å². The summed E-state index contributed by atoms with van der Waals surface area (Å²) in [5.41, 5.74) is 0.0308. The predicted octanol–water partition coefficient (Wildman–Crippen LogP) is 1.21. The molecule has 7 nitrogen and oxygen atoms in total. The van der Waals surface area contributed by atoms with Crippen molar-refractivity contribution in [2.24, 2.45) is 7.05 Å². The summed E-state index contributed by atoms with van der Waals surface area (Å²) in [6, 6.07) is 3.32. The van der Waals surface area contributed by atoms with Crippen LogP contribution in [-0.4, -0.2) is 36.6 Å². The van der Waals surface area contributed by atoms with Crippen molar-refractivity contribution in [3.05, 3.63) is 47.8 Å². The molecule has 0 spiro atoms. The molecular weight excluding hydrogens is 356 g/mol. The molecule has 1 aromatic heterocycles. The number of aromatic nitrogens is 1. The number of aryl methyl sites for hydroxylation is 1. The van der Waals surface area contributed by atoms with Crippen LogP contribution in [0.1, 0.15) is 17.4 Å². The molecule has 0 saturated heterocycles. The summed E-state index contributed by atoms with van der Waals surface area (Å²) < 4.78 is 54.0. The lowest BCUT2D eigenvalue weighted by Crippen LogP contribution is -2.34. The molecule has 3 N–H and O–H groups in total. The molecule has 1 heterocycles. The molecule has 25 heavy (non-hydrogen) atoms. The van der Waals surface area contributed by atoms with Crippen molar-refractivity contribution in [2.75, 3.05) is 11.9 Å². The smallest absolute Gasteiger partial charge is 0.272 e. The first-order valence-electron chi connectivity index (χ1n) is 7.20. The van der Waals surface area contributed by atoms with Gasteiger partial charge >= 0.3 is 0 Å². The van der Waals surface area contributed by atoms with Gasteiger partial charge in [0.25, 0.3) is 5.91 Å². The molecule has 1 aromatic carbocycles. The number of sulfonamides is 1. The van der Waals surface area contributed by atoms with Crippen LogP contribution in [0.2, 0.25) is 0 Å². The maximum absolute atomic E-state index is 13.2. The monoisotopic (exact) mass is 373 g/mol. The second-order valence-electron chi connectivity index (χ2n) is 5.46. The number of aliphatic hydroxyl groups is 1. The van der Waals surface area contributed by atoms with E-state index in [9.17, 15) is 22.0 Å². The molecular formula is C15H17F2N3O4S. The van der Waals surface area contributed by atoms with E-state index in [0.717, 1.165) is 18.2 Å². The van der Waals surface area contributed by atoms with E-state index in [1.165, 1.54) is 30.8 Å². The molecule has 1 amide bonds. The van der Waals surface area contributed by atoms with Crippen LogP contribution in [0.3, 0.4) is 0 Å². The molecule has 0 aliphatic rings. The van der Waals surface area contributed by atoms with Gasteiger partial charge in [-0.3, -0.25) is 4.79 Å². The van der Waals surface area contributed by atoms with Gasteiger partial charge in [0.1, 0.15) is 10.6 Å². The van der Waals surface area contributed by atoms with Gasteiger partial charge in [-0.05, 0) is 25.1 Å². The Bertz CT molecular complexity index is 896. The number of carbonyl (C=O) groups excluding carboxylic acids is 1. The molecule has 10 heteroatoms. The van der Waals surface area contributed by atoms with Crippen LogP contribution in [0.25, 0.3) is 0 Å². The first-order chi connectivity index (χ1) is 11.6. The average molecular weight is 373 g/mol. The summed E-state index contributed by atoms with van der Waals surface area (Å²) >= 11 is 0. The normalized spacial score (nSPS) is 12.8. The van der Waals surface area contributed by atoms with Crippen LogP contribution in [0.15, 0.2) is 35.4 Å². The van der Waals surface area contributed by atoms with Crippen LogP contribution < -0.4 is 10.0 Å². The van der Waals surface area contributed by atoms with E-state index in [0.29, 0.717) is 0 Å². The van der Waals surface area contributed by atoms with Gasteiger partial charge in [-0.2, -0.15) is 0 Å². The molecule has 0 aliphatic carbocycles. The van der Waals surface area contributed by atoms with Crippen LogP contribution in [0, 0.1) is 11.6 Å². The summed E-state index contributed by atoms with van der Waals surface area (Å²) in [5.74, 6) is -2.85. The van der Waals surface area contributed by atoms with Crippen LogP contribution in [0.4, 0.5) is 14.5 Å². The third-order valence-corrected chi connectivity index (χ3v) is 4.89. The van der Waals surface area contributed by atoms with E-state index in [4.69, 9.17) is 5.11 Å². The molecule has 0 radical (unpaired) electrons. The van der Waals surface area contributed by atoms with E-state index in [1.807, 2.05) is 0 Å². The molecule has 2 rings (SSSR count). The maximum atomic E-state index is 13.2. The SMILES string of the molecule is C[C@H](CO)NS(=O)(=O)c1cc(C(=O)Nc2ccc(F)c(F)c2)n(C)c1. The lowest BCUT2D eigenvalue weighted by molar-refractivity contribution is 0.101. The Kier molecular flexibility index (Phi) is 5.55. The van der Waals surface area contributed by atoms with Crippen LogP contribution >= 0.6 is 0 Å². The first kappa shape index (κ1) is 19.0. The first-order valence-corrected chi connectivity index (χ1v) is 8.68. The fourth-order valence-corrected chi connectivity index (χ4v) is 3.35. The summed E-state index contributed by atoms with van der Waals surface area (Å²) in [6.45, 7) is 1.10. The number of anilines is 1. The van der Waals surface area contributed by atoms with E-state index < -0.39 is 33.6 Å². The number of halogens is 2. The van der Waals surface area contributed by atoms with Crippen molar-refractivity contribution in [3.63, 3.8) is 0 Å². The number of nitrogens with one attached hydrogen (secondary N) is 2. The molecule has 0 fully saturated rings. The van der Waals surface area contributed by atoms with Crippen molar-refractivity contribution in [1.82, 2.24) is 9.29 Å². The Hall–Kier alpha value is -2.30. The molecule has 136 valence electrons. The van der Waals surface area contributed by atoms with Gasteiger partial charge in [0.2, 0.25) is 10.0 Å². The highest BCUT2D eigenvalue weighted by molar-refractivity contribution is 7.89. The van der Waals surface area contributed by atoms with Gasteiger partial charge in [0.15, 0.2) is 11.6 Å². The summed E-state index contributed by atoms with van der Waals surface area (Å²) in [7, 11) is -2.45.